The maximum absolute atomic E-state index is 11.8. The Labute approximate surface area is 140 Å². The van der Waals surface area contributed by atoms with E-state index >= 15 is 0 Å². The molecule has 6 heteroatoms. The van der Waals surface area contributed by atoms with Gasteiger partial charge in [-0.25, -0.2) is 9.59 Å². The highest BCUT2D eigenvalue weighted by Gasteiger charge is 2.23. The van der Waals surface area contributed by atoms with Crippen molar-refractivity contribution in [2.75, 3.05) is 11.9 Å². The number of cyclic esters (lactones) is 1. The zero-order chi connectivity index (χ0) is 17.7. The average Bonchev–Trinajstić information content (AvgIpc) is 2.52. The molecule has 0 saturated carbocycles. The molecule has 1 heterocycles. The molecule has 24 heavy (non-hydrogen) atoms. The van der Waals surface area contributed by atoms with Crippen molar-refractivity contribution in [2.45, 2.75) is 20.8 Å². The molecule has 0 saturated heterocycles. The van der Waals surface area contributed by atoms with Crippen LogP contribution >= 0.6 is 0 Å². The van der Waals surface area contributed by atoms with E-state index in [1.807, 2.05) is 13.8 Å². The molecular formula is C18H19NO5. The van der Waals surface area contributed by atoms with E-state index in [4.69, 9.17) is 9.47 Å². The van der Waals surface area contributed by atoms with Crippen molar-refractivity contribution in [3.8, 4) is 0 Å². The largest absolute Gasteiger partial charge is 0.462 e. The summed E-state index contributed by atoms with van der Waals surface area (Å²) in [5, 5.41) is 2.84. The van der Waals surface area contributed by atoms with Crippen LogP contribution in [0.3, 0.4) is 0 Å². The Morgan fingerprint density at radius 3 is 2.50 bits per heavy atom. The number of hydrogen-bond donors (Lipinski definition) is 1. The van der Waals surface area contributed by atoms with E-state index in [0.29, 0.717) is 17.9 Å². The van der Waals surface area contributed by atoms with Crippen LogP contribution in [0.15, 0.2) is 47.9 Å². The van der Waals surface area contributed by atoms with E-state index in [1.165, 1.54) is 19.2 Å². The number of ketones is 1. The van der Waals surface area contributed by atoms with Crippen molar-refractivity contribution in [3.63, 3.8) is 0 Å². The SMILES string of the molecule is CC1=CC(=O)C(=CNc2ccc(C(=O)OCC(C)C)cc2)C(=O)O1. The highest BCUT2D eigenvalue weighted by atomic mass is 16.5. The lowest BCUT2D eigenvalue weighted by atomic mass is 10.1. The summed E-state index contributed by atoms with van der Waals surface area (Å²) in [5.41, 5.74) is 0.969. The summed E-state index contributed by atoms with van der Waals surface area (Å²) in [4.78, 5) is 35.2. The number of hydrogen-bond acceptors (Lipinski definition) is 6. The van der Waals surface area contributed by atoms with Crippen molar-refractivity contribution in [2.24, 2.45) is 5.92 Å². The van der Waals surface area contributed by atoms with E-state index < -0.39 is 11.8 Å². The van der Waals surface area contributed by atoms with Crippen LogP contribution in [0.2, 0.25) is 0 Å². The van der Waals surface area contributed by atoms with Gasteiger partial charge in [0.05, 0.1) is 12.2 Å². The number of esters is 2. The van der Waals surface area contributed by atoms with Gasteiger partial charge in [-0.2, -0.15) is 0 Å². The number of carbonyl (C=O) groups is 3. The van der Waals surface area contributed by atoms with E-state index in [-0.39, 0.29) is 23.2 Å². The zero-order valence-corrected chi connectivity index (χ0v) is 13.8. The molecule has 0 aliphatic carbocycles. The summed E-state index contributed by atoms with van der Waals surface area (Å²) in [5.74, 6) is -0.954. The minimum absolute atomic E-state index is 0.0824. The van der Waals surface area contributed by atoms with Gasteiger partial charge in [0.2, 0.25) is 0 Å². The molecule has 1 aromatic rings. The number of nitrogens with one attached hydrogen (secondary N) is 1. The molecule has 0 fully saturated rings. The highest BCUT2D eigenvalue weighted by Crippen LogP contribution is 2.16. The van der Waals surface area contributed by atoms with Gasteiger partial charge >= 0.3 is 11.9 Å². The van der Waals surface area contributed by atoms with Crippen molar-refractivity contribution in [1.82, 2.24) is 0 Å². The molecule has 0 atom stereocenters. The van der Waals surface area contributed by atoms with Gasteiger partial charge in [0.1, 0.15) is 11.3 Å². The van der Waals surface area contributed by atoms with Crippen LogP contribution in [0.5, 0.6) is 0 Å². The van der Waals surface area contributed by atoms with Crippen molar-refractivity contribution in [3.05, 3.63) is 53.4 Å². The number of anilines is 1. The molecule has 1 aromatic carbocycles. The normalized spacial score (nSPS) is 16.0. The summed E-state index contributed by atoms with van der Waals surface area (Å²) in [6, 6.07) is 6.52. The Kier molecular flexibility index (Phi) is 5.52. The first-order chi connectivity index (χ1) is 11.4. The summed E-state index contributed by atoms with van der Waals surface area (Å²) in [7, 11) is 0. The Morgan fingerprint density at radius 2 is 1.92 bits per heavy atom. The van der Waals surface area contributed by atoms with Crippen LogP contribution in [0, 0.1) is 5.92 Å². The number of allylic oxidation sites excluding steroid dienone is 2. The van der Waals surface area contributed by atoms with Crippen LogP contribution < -0.4 is 5.32 Å². The lowest BCUT2D eigenvalue weighted by Crippen LogP contribution is -2.20. The maximum Gasteiger partial charge on any atom is 0.348 e. The standard InChI is InChI=1S/C18H19NO5/c1-11(2)10-23-17(21)13-4-6-14(7-5-13)19-9-15-16(20)8-12(3)24-18(15)22/h4-9,11,19H,10H2,1-3H3. The third-order valence-electron chi connectivity index (χ3n) is 3.12. The minimum Gasteiger partial charge on any atom is -0.462 e. The second kappa shape index (κ2) is 7.59. The molecular weight excluding hydrogens is 310 g/mol. The van der Waals surface area contributed by atoms with Crippen molar-refractivity contribution in [1.29, 1.82) is 0 Å². The Hall–Kier alpha value is -2.89. The smallest absolute Gasteiger partial charge is 0.348 e. The van der Waals surface area contributed by atoms with Gasteiger partial charge in [-0.3, -0.25) is 4.79 Å². The number of ether oxygens (including phenoxy) is 2. The Morgan fingerprint density at radius 1 is 1.25 bits per heavy atom. The molecule has 1 aliphatic heterocycles. The van der Waals surface area contributed by atoms with Gasteiger partial charge in [0.15, 0.2) is 5.78 Å². The predicted molar refractivity (Wildman–Crippen MR) is 88.1 cm³/mol. The van der Waals surface area contributed by atoms with E-state index in [1.54, 1.807) is 24.3 Å². The molecule has 0 unspecified atom stereocenters. The first-order valence-electron chi connectivity index (χ1n) is 7.55. The van der Waals surface area contributed by atoms with E-state index in [2.05, 4.69) is 5.32 Å². The molecule has 2 rings (SSSR count). The first-order valence-corrected chi connectivity index (χ1v) is 7.55. The molecule has 6 nitrogen and oxygen atoms in total. The quantitative estimate of drug-likeness (QED) is 0.508. The van der Waals surface area contributed by atoms with Crippen molar-refractivity contribution >= 4 is 23.4 Å². The monoisotopic (exact) mass is 329 g/mol. The molecule has 1 N–H and O–H groups in total. The van der Waals surface area contributed by atoms with Crippen LogP contribution in [-0.4, -0.2) is 24.3 Å². The predicted octanol–water partition coefficient (Wildman–Crippen LogP) is 2.82. The average molecular weight is 329 g/mol. The lowest BCUT2D eigenvalue weighted by Gasteiger charge is -2.12. The third-order valence-corrected chi connectivity index (χ3v) is 3.12. The fourth-order valence-corrected chi connectivity index (χ4v) is 1.91. The maximum atomic E-state index is 11.8. The van der Waals surface area contributed by atoms with Crippen LogP contribution in [-0.2, 0) is 19.1 Å². The Balaban J connectivity index is 2.02. The number of rotatable bonds is 5. The summed E-state index contributed by atoms with van der Waals surface area (Å²) in [6.45, 7) is 5.82. The lowest BCUT2D eigenvalue weighted by molar-refractivity contribution is -0.137. The zero-order valence-electron chi connectivity index (χ0n) is 13.8. The first kappa shape index (κ1) is 17.5. The van der Waals surface area contributed by atoms with Crippen LogP contribution in [0.1, 0.15) is 31.1 Å². The second-order valence-electron chi connectivity index (χ2n) is 5.78. The number of benzene rings is 1. The van der Waals surface area contributed by atoms with Crippen LogP contribution in [0.4, 0.5) is 5.69 Å². The van der Waals surface area contributed by atoms with Gasteiger partial charge in [-0.05, 0) is 37.1 Å². The van der Waals surface area contributed by atoms with E-state index in [0.717, 1.165) is 0 Å². The van der Waals surface area contributed by atoms with Gasteiger partial charge in [0.25, 0.3) is 0 Å². The van der Waals surface area contributed by atoms with E-state index in [9.17, 15) is 14.4 Å². The molecule has 0 bridgehead atoms. The molecule has 0 amide bonds. The number of carbonyl (C=O) groups excluding carboxylic acids is 3. The molecule has 126 valence electrons. The second-order valence-corrected chi connectivity index (χ2v) is 5.78. The summed E-state index contributed by atoms with van der Waals surface area (Å²) < 4.78 is 10.0. The summed E-state index contributed by atoms with van der Waals surface area (Å²) >= 11 is 0. The molecule has 0 aromatic heterocycles. The van der Waals surface area contributed by atoms with Gasteiger partial charge < -0.3 is 14.8 Å². The molecule has 1 aliphatic rings. The fourth-order valence-electron chi connectivity index (χ4n) is 1.91. The minimum atomic E-state index is -0.693. The fraction of sp³-hybridized carbons (Fsp3) is 0.278. The molecule has 0 spiro atoms. The van der Waals surface area contributed by atoms with Crippen LogP contribution in [0.25, 0.3) is 0 Å². The van der Waals surface area contributed by atoms with Gasteiger partial charge in [0, 0.05) is 18.0 Å². The van der Waals surface area contributed by atoms with Crippen molar-refractivity contribution < 1.29 is 23.9 Å². The highest BCUT2D eigenvalue weighted by molar-refractivity contribution is 6.23. The third kappa shape index (κ3) is 4.55. The topological polar surface area (TPSA) is 81.7 Å². The van der Waals surface area contributed by atoms with Gasteiger partial charge in [-0.1, -0.05) is 13.8 Å². The molecule has 0 radical (unpaired) electrons. The summed E-state index contributed by atoms with van der Waals surface area (Å²) in [6.07, 6.45) is 2.54. The van der Waals surface area contributed by atoms with Gasteiger partial charge in [-0.15, -0.1) is 0 Å². The Bertz CT molecular complexity index is 713.